The Hall–Kier alpha value is -6.30. The van der Waals surface area contributed by atoms with E-state index in [4.69, 9.17) is 29.7 Å². The molecule has 16 nitrogen and oxygen atoms in total. The van der Waals surface area contributed by atoms with Crippen LogP contribution in [0.3, 0.4) is 0 Å². The molecule has 1 saturated carbocycles. The number of piperidine rings is 1. The van der Waals surface area contributed by atoms with Gasteiger partial charge in [0.05, 0.1) is 47.0 Å². The quantitative estimate of drug-likeness (QED) is 0.259. The van der Waals surface area contributed by atoms with Crippen molar-refractivity contribution < 1.29 is 23.1 Å². The number of halogens is 2. The van der Waals surface area contributed by atoms with Crippen LogP contribution in [0.15, 0.2) is 54.9 Å². The third-order valence-electron chi connectivity index (χ3n) is 12.8. The first-order valence-electron chi connectivity index (χ1n) is 20.5. The van der Waals surface area contributed by atoms with E-state index in [9.17, 15) is 14.0 Å². The Morgan fingerprint density at radius 2 is 1.80 bits per heavy atom. The molecular weight excluding hydrogens is 773 g/mol. The number of ether oxygens (including phenoxy) is 1. The van der Waals surface area contributed by atoms with Crippen LogP contribution in [-0.4, -0.2) is 131 Å². The van der Waals surface area contributed by atoms with Gasteiger partial charge in [0.2, 0.25) is 17.8 Å². The maximum absolute atomic E-state index is 15.5. The van der Waals surface area contributed by atoms with Gasteiger partial charge in [0.15, 0.2) is 11.5 Å². The van der Waals surface area contributed by atoms with Crippen LogP contribution < -0.4 is 15.1 Å². The first-order chi connectivity index (χ1) is 29.1. The number of rotatable bonds is 6. The summed E-state index contributed by atoms with van der Waals surface area (Å²) in [5.74, 6) is 1.04. The summed E-state index contributed by atoms with van der Waals surface area (Å²) < 4.78 is 39.0. The van der Waals surface area contributed by atoms with Gasteiger partial charge in [-0.3, -0.25) is 14.6 Å². The van der Waals surface area contributed by atoms with E-state index in [-0.39, 0.29) is 41.8 Å². The highest BCUT2D eigenvalue weighted by molar-refractivity contribution is 5.95. The fourth-order valence-electron chi connectivity index (χ4n) is 9.60. The van der Waals surface area contributed by atoms with Gasteiger partial charge in [-0.1, -0.05) is 6.07 Å². The first kappa shape index (κ1) is 36.8. The summed E-state index contributed by atoms with van der Waals surface area (Å²) in [5.41, 5.74) is 3.26. The van der Waals surface area contributed by atoms with Crippen LogP contribution in [-0.2, 0) is 20.9 Å². The summed E-state index contributed by atoms with van der Waals surface area (Å²) in [7, 11) is 3.41. The number of aryl methyl sites for hydroxylation is 1. The maximum Gasteiger partial charge on any atom is 0.245 e. The van der Waals surface area contributed by atoms with Crippen LogP contribution in [0.5, 0.6) is 0 Å². The number of benzene rings is 1. The maximum atomic E-state index is 15.5. The largest absolute Gasteiger partial charge is 0.378 e. The molecule has 6 aliphatic rings. The number of aromatic nitrogens is 8. The summed E-state index contributed by atoms with van der Waals surface area (Å²) in [4.78, 5) is 61.0. The van der Waals surface area contributed by atoms with E-state index in [1.165, 1.54) is 16.8 Å². The molecule has 6 bridgehead atoms. The number of carbonyl (C=O) groups excluding carboxylic acids is 2. The number of fused-ring (bicyclic) bond motifs is 8. The molecule has 6 aromatic rings. The Morgan fingerprint density at radius 3 is 2.60 bits per heavy atom. The molecule has 0 unspecified atom stereocenters. The highest BCUT2D eigenvalue weighted by Crippen LogP contribution is 2.42. The lowest BCUT2D eigenvalue weighted by molar-refractivity contribution is -0.140. The SMILES string of the molecule is CO[C@H]1CN(C)C(=O)[C@@H]2C[C@@H](CN2c2nc(N3[C@H]4C[C@@H]3C(=O)N(CC3CC3)C4)nc3c2cnn3-c2ccc(F)cc2F)Nc2cccc(n2)-c2nccc3nc(C)n(c23)C1. The Labute approximate surface area is 343 Å². The lowest BCUT2D eigenvalue weighted by atomic mass is 9.87. The van der Waals surface area contributed by atoms with Gasteiger partial charge in [-0.2, -0.15) is 15.1 Å². The number of anilines is 3. The van der Waals surface area contributed by atoms with Crippen LogP contribution in [0, 0.1) is 24.5 Å². The van der Waals surface area contributed by atoms with Crippen LogP contribution in [0.25, 0.3) is 39.1 Å². The zero-order valence-corrected chi connectivity index (χ0v) is 33.4. The van der Waals surface area contributed by atoms with Crippen LogP contribution in [0.2, 0.25) is 0 Å². The average molecular weight is 816 g/mol. The molecule has 0 radical (unpaired) electrons. The molecule has 12 rings (SSSR count). The minimum Gasteiger partial charge on any atom is -0.378 e. The zero-order chi connectivity index (χ0) is 41.0. The fourth-order valence-corrected chi connectivity index (χ4v) is 9.60. The van der Waals surface area contributed by atoms with Crippen molar-refractivity contribution in [1.82, 2.24) is 49.1 Å². The lowest BCUT2D eigenvalue weighted by Gasteiger charge is -2.55. The summed E-state index contributed by atoms with van der Waals surface area (Å²) >= 11 is 0. The van der Waals surface area contributed by atoms with Gasteiger partial charge in [0.25, 0.3) is 0 Å². The van der Waals surface area contributed by atoms with Gasteiger partial charge in [-0.25, -0.2) is 23.4 Å². The van der Waals surface area contributed by atoms with E-state index in [2.05, 4.69) is 15.0 Å². The second-order valence-corrected chi connectivity index (χ2v) is 16.8. The van der Waals surface area contributed by atoms with Crippen molar-refractivity contribution in [2.45, 2.75) is 69.4 Å². The number of imidazole rings is 1. The lowest BCUT2D eigenvalue weighted by Crippen LogP contribution is -2.72. The van der Waals surface area contributed by atoms with Gasteiger partial charge < -0.3 is 34.2 Å². The predicted octanol–water partition coefficient (Wildman–Crippen LogP) is 3.95. The van der Waals surface area contributed by atoms with Gasteiger partial charge in [0, 0.05) is 58.6 Å². The minimum absolute atomic E-state index is 0.00453. The van der Waals surface area contributed by atoms with Crippen LogP contribution >= 0.6 is 0 Å². The predicted molar refractivity (Wildman–Crippen MR) is 218 cm³/mol. The molecule has 1 aliphatic carbocycles. The van der Waals surface area contributed by atoms with Crippen molar-refractivity contribution in [1.29, 1.82) is 0 Å². The van der Waals surface area contributed by atoms with Gasteiger partial charge >= 0.3 is 0 Å². The molecule has 1 aromatic carbocycles. The number of pyridine rings is 2. The van der Waals surface area contributed by atoms with E-state index < -0.39 is 29.8 Å². The molecule has 5 aromatic heterocycles. The minimum atomic E-state index is -0.812. The molecule has 60 heavy (non-hydrogen) atoms. The Bertz CT molecular complexity index is 2720. The zero-order valence-electron chi connectivity index (χ0n) is 33.4. The third-order valence-corrected chi connectivity index (χ3v) is 12.8. The van der Waals surface area contributed by atoms with Gasteiger partial charge in [-0.15, -0.1) is 0 Å². The summed E-state index contributed by atoms with van der Waals surface area (Å²) in [6.45, 7) is 4.30. The Balaban J connectivity index is 1.02. The van der Waals surface area contributed by atoms with E-state index in [1.807, 2.05) is 45.9 Å². The topological polar surface area (TPSA) is 156 Å². The number of piperazine rings is 1. The number of hydrogen-bond acceptors (Lipinski definition) is 12. The number of hydrogen-bond donors (Lipinski definition) is 1. The smallest absolute Gasteiger partial charge is 0.245 e. The second-order valence-electron chi connectivity index (χ2n) is 16.8. The number of nitrogens with one attached hydrogen (secondary N) is 1. The number of methoxy groups -OCH3 is 1. The molecule has 2 amide bonds. The molecule has 18 heteroatoms. The summed E-state index contributed by atoms with van der Waals surface area (Å²) in [6.07, 6.45) is 6.25. The number of amides is 2. The molecular formula is C42H43F2N13O3. The summed E-state index contributed by atoms with van der Waals surface area (Å²) in [6, 6.07) is 9.51. The Kier molecular flexibility index (Phi) is 8.51. The molecule has 0 spiro atoms. The first-order valence-corrected chi connectivity index (χ1v) is 20.5. The average Bonchev–Trinajstić information content (AvgIpc) is 3.64. The number of likely N-dealkylation sites (N-methyl/N-ethyl adjacent to an activating group) is 1. The molecule has 4 saturated heterocycles. The van der Waals surface area contributed by atoms with Crippen LogP contribution in [0.4, 0.5) is 26.4 Å². The molecule has 1 N–H and O–H groups in total. The highest BCUT2D eigenvalue weighted by Gasteiger charge is 2.53. The summed E-state index contributed by atoms with van der Waals surface area (Å²) in [5, 5.41) is 8.65. The third kappa shape index (κ3) is 6.01. The molecule has 308 valence electrons. The van der Waals surface area contributed by atoms with E-state index in [0.717, 1.165) is 42.3 Å². The van der Waals surface area contributed by atoms with Crippen molar-refractivity contribution in [3.05, 3.63) is 72.3 Å². The van der Waals surface area contributed by atoms with Crippen molar-refractivity contribution in [3.8, 4) is 17.1 Å². The second kappa shape index (κ2) is 13.9. The van der Waals surface area contributed by atoms with Crippen molar-refractivity contribution in [2.24, 2.45) is 5.92 Å². The molecule has 10 heterocycles. The van der Waals surface area contributed by atoms with Gasteiger partial charge in [0.1, 0.15) is 46.7 Å². The van der Waals surface area contributed by atoms with Crippen LogP contribution in [0.1, 0.15) is 31.5 Å². The standard InChI is InChI=1S/C42H43F2N13O3/c1-22-47-31-11-12-45-36-30-5-4-6-35(49-30)48-25-14-33(40(58)52(2)20-27(60-3)21-54(22)37(31)36)55(18-25)38-28-16-46-57(32-10-9-24(43)13-29(32)44)39(28)51-42(50-38)56-26-15-34(56)41(59)53(19-26)17-23-7-8-23/h4-6,9-13,16,23,25-27,33-34H,7-8,14-15,17-21H2,1-3H3,(H,48,49)/t25-,26-,27-,33-,34+/m0/s1. The normalized spacial score (nSPS) is 24.2. The number of nitrogens with zero attached hydrogens (tertiary/aromatic N) is 12. The monoisotopic (exact) mass is 815 g/mol. The van der Waals surface area contributed by atoms with E-state index >= 15 is 4.39 Å². The highest BCUT2D eigenvalue weighted by atomic mass is 19.1. The molecule has 5 aliphatic heterocycles. The van der Waals surface area contributed by atoms with Crippen molar-refractivity contribution in [2.75, 3.05) is 55.5 Å². The van der Waals surface area contributed by atoms with E-state index in [0.29, 0.717) is 72.8 Å². The number of carbonyl (C=O) groups is 2. The van der Waals surface area contributed by atoms with Gasteiger partial charge in [-0.05, 0) is 68.9 Å². The van der Waals surface area contributed by atoms with Crippen molar-refractivity contribution >= 4 is 51.5 Å². The van der Waals surface area contributed by atoms with Crippen molar-refractivity contribution in [3.63, 3.8) is 0 Å². The molecule has 5 atom stereocenters. The van der Waals surface area contributed by atoms with E-state index in [1.54, 1.807) is 31.5 Å². The molecule has 5 fully saturated rings. The fraction of sp³-hybridized carbons (Fsp3) is 0.429. The Morgan fingerprint density at radius 1 is 0.933 bits per heavy atom.